The summed E-state index contributed by atoms with van der Waals surface area (Å²) < 4.78 is 0. The molecule has 2 aromatic rings. The number of hydrogen-bond acceptors (Lipinski definition) is 2. The third-order valence-electron chi connectivity index (χ3n) is 4.77. The quantitative estimate of drug-likeness (QED) is 0.742. The van der Waals surface area contributed by atoms with E-state index in [1.165, 1.54) is 5.56 Å². The third-order valence-corrected chi connectivity index (χ3v) is 4.77. The number of anilines is 2. The highest BCUT2D eigenvalue weighted by Gasteiger charge is 2.20. The minimum atomic E-state index is -0.0449. The molecule has 0 N–H and O–H groups in total. The van der Waals surface area contributed by atoms with Crippen molar-refractivity contribution >= 4 is 23.2 Å². The van der Waals surface area contributed by atoms with Crippen LogP contribution >= 0.6 is 0 Å². The van der Waals surface area contributed by atoms with Gasteiger partial charge in [0.15, 0.2) is 0 Å². The first-order chi connectivity index (χ1) is 12.7. The molecule has 0 bridgehead atoms. The van der Waals surface area contributed by atoms with E-state index in [2.05, 4.69) is 12.1 Å². The van der Waals surface area contributed by atoms with Gasteiger partial charge in [-0.3, -0.25) is 9.59 Å². The Morgan fingerprint density at radius 3 is 2.04 bits per heavy atom. The van der Waals surface area contributed by atoms with Crippen molar-refractivity contribution in [1.82, 2.24) is 0 Å². The maximum Gasteiger partial charge on any atom is 0.228 e. The first kappa shape index (κ1) is 20.7. The van der Waals surface area contributed by atoms with Crippen LogP contribution in [-0.4, -0.2) is 24.9 Å². The monoisotopic (exact) mass is 366 g/mol. The molecule has 0 aliphatic heterocycles. The Bertz CT molecular complexity index is 819. The van der Waals surface area contributed by atoms with Crippen LogP contribution in [0, 0.1) is 27.7 Å². The number of benzene rings is 2. The van der Waals surface area contributed by atoms with Gasteiger partial charge in [-0.15, -0.1) is 0 Å². The van der Waals surface area contributed by atoms with Gasteiger partial charge in [0.25, 0.3) is 0 Å². The van der Waals surface area contributed by atoms with E-state index in [4.69, 9.17) is 0 Å². The SMILES string of the molecule is CCN(C(=O)CCN(C(C)=O)c1c(C)cc(C)cc1C)c1cccc(C)c1. The second kappa shape index (κ2) is 8.85. The first-order valence-electron chi connectivity index (χ1n) is 9.47. The molecular weight excluding hydrogens is 336 g/mol. The fourth-order valence-corrected chi connectivity index (χ4v) is 3.67. The van der Waals surface area contributed by atoms with Crippen molar-refractivity contribution in [2.45, 2.75) is 48.0 Å². The van der Waals surface area contributed by atoms with Crippen LogP contribution in [0.25, 0.3) is 0 Å². The maximum atomic E-state index is 12.9. The Morgan fingerprint density at radius 1 is 0.889 bits per heavy atom. The zero-order valence-corrected chi connectivity index (χ0v) is 17.3. The highest BCUT2D eigenvalue weighted by Crippen LogP contribution is 2.27. The van der Waals surface area contributed by atoms with Gasteiger partial charge in [-0.2, -0.15) is 0 Å². The molecule has 2 aromatic carbocycles. The molecule has 2 amide bonds. The van der Waals surface area contributed by atoms with Crippen LogP contribution in [0.5, 0.6) is 0 Å². The third kappa shape index (κ3) is 4.97. The number of nitrogens with zero attached hydrogens (tertiary/aromatic N) is 2. The van der Waals surface area contributed by atoms with Crippen LogP contribution in [0.4, 0.5) is 11.4 Å². The molecule has 0 spiro atoms. The Morgan fingerprint density at radius 2 is 1.52 bits per heavy atom. The summed E-state index contributed by atoms with van der Waals surface area (Å²) in [6, 6.07) is 12.1. The number of carbonyl (C=O) groups excluding carboxylic acids is 2. The fraction of sp³-hybridized carbons (Fsp3) is 0.391. The molecule has 0 saturated carbocycles. The van der Waals surface area contributed by atoms with Crippen LogP contribution in [0.15, 0.2) is 36.4 Å². The zero-order valence-electron chi connectivity index (χ0n) is 17.3. The van der Waals surface area contributed by atoms with Crippen molar-refractivity contribution in [2.75, 3.05) is 22.9 Å². The van der Waals surface area contributed by atoms with Gasteiger partial charge in [-0.05, 0) is 63.4 Å². The van der Waals surface area contributed by atoms with Gasteiger partial charge >= 0.3 is 0 Å². The van der Waals surface area contributed by atoms with Crippen molar-refractivity contribution in [3.63, 3.8) is 0 Å². The molecule has 0 unspecified atom stereocenters. The topological polar surface area (TPSA) is 40.6 Å². The minimum Gasteiger partial charge on any atom is -0.313 e. The van der Waals surface area contributed by atoms with E-state index in [9.17, 15) is 9.59 Å². The summed E-state index contributed by atoms with van der Waals surface area (Å²) in [6.07, 6.45) is 0.286. The van der Waals surface area contributed by atoms with Gasteiger partial charge in [-0.1, -0.05) is 29.8 Å². The smallest absolute Gasteiger partial charge is 0.228 e. The largest absolute Gasteiger partial charge is 0.313 e. The summed E-state index contributed by atoms with van der Waals surface area (Å²) in [6.45, 7) is 12.6. The average Bonchev–Trinajstić information content (AvgIpc) is 2.57. The standard InChI is InChI=1S/C23H30N2O2/c1-7-24(21-10-8-9-16(2)15-21)22(27)11-12-25(20(6)26)23-18(4)13-17(3)14-19(23)5/h8-10,13-15H,7,11-12H2,1-6H3. The van der Waals surface area contributed by atoms with Crippen molar-refractivity contribution in [3.05, 3.63) is 58.7 Å². The summed E-state index contributed by atoms with van der Waals surface area (Å²) >= 11 is 0. The molecule has 4 nitrogen and oxygen atoms in total. The fourth-order valence-electron chi connectivity index (χ4n) is 3.67. The second-order valence-corrected chi connectivity index (χ2v) is 7.14. The highest BCUT2D eigenvalue weighted by atomic mass is 16.2. The Hall–Kier alpha value is -2.62. The summed E-state index contributed by atoms with van der Waals surface area (Å²) in [4.78, 5) is 28.7. The van der Waals surface area contributed by atoms with Crippen LogP contribution in [0.1, 0.15) is 42.5 Å². The molecule has 144 valence electrons. The minimum absolute atomic E-state index is 0.0248. The first-order valence-corrected chi connectivity index (χ1v) is 9.47. The van der Waals surface area contributed by atoms with Crippen LogP contribution in [0.2, 0.25) is 0 Å². The van der Waals surface area contributed by atoms with Gasteiger partial charge in [0.1, 0.15) is 0 Å². The molecule has 0 aliphatic rings. The lowest BCUT2D eigenvalue weighted by Gasteiger charge is -2.27. The molecule has 0 heterocycles. The number of carbonyl (C=O) groups is 2. The van der Waals surface area contributed by atoms with Crippen molar-refractivity contribution < 1.29 is 9.59 Å². The van der Waals surface area contributed by atoms with E-state index in [-0.39, 0.29) is 18.2 Å². The second-order valence-electron chi connectivity index (χ2n) is 7.14. The predicted molar refractivity (Wildman–Crippen MR) is 113 cm³/mol. The van der Waals surface area contributed by atoms with Crippen LogP contribution in [0.3, 0.4) is 0 Å². The number of amides is 2. The van der Waals surface area contributed by atoms with Crippen molar-refractivity contribution in [1.29, 1.82) is 0 Å². The van der Waals surface area contributed by atoms with Crippen LogP contribution < -0.4 is 9.80 Å². The molecule has 4 heteroatoms. The summed E-state index contributed by atoms with van der Waals surface area (Å²) in [7, 11) is 0. The normalized spacial score (nSPS) is 10.6. The number of rotatable bonds is 6. The lowest BCUT2D eigenvalue weighted by Crippen LogP contribution is -2.37. The molecule has 0 atom stereocenters. The van der Waals surface area contributed by atoms with Gasteiger partial charge in [0, 0.05) is 37.8 Å². The predicted octanol–water partition coefficient (Wildman–Crippen LogP) is 4.72. The van der Waals surface area contributed by atoms with E-state index < -0.39 is 0 Å². The molecule has 0 aliphatic carbocycles. The van der Waals surface area contributed by atoms with Gasteiger partial charge in [-0.25, -0.2) is 0 Å². The maximum absolute atomic E-state index is 12.9. The Labute approximate surface area is 162 Å². The number of hydrogen-bond donors (Lipinski definition) is 0. The molecular formula is C23H30N2O2. The lowest BCUT2D eigenvalue weighted by molar-refractivity contribution is -0.118. The van der Waals surface area contributed by atoms with Gasteiger partial charge < -0.3 is 9.80 Å². The molecule has 27 heavy (non-hydrogen) atoms. The van der Waals surface area contributed by atoms with E-state index in [1.807, 2.05) is 58.9 Å². The van der Waals surface area contributed by atoms with Crippen molar-refractivity contribution in [3.8, 4) is 0 Å². The molecule has 0 radical (unpaired) electrons. The zero-order chi connectivity index (χ0) is 20.1. The van der Waals surface area contributed by atoms with E-state index in [1.54, 1.807) is 16.7 Å². The molecule has 0 fully saturated rings. The van der Waals surface area contributed by atoms with Gasteiger partial charge in [0.2, 0.25) is 11.8 Å². The van der Waals surface area contributed by atoms with E-state index >= 15 is 0 Å². The summed E-state index contributed by atoms with van der Waals surface area (Å²) in [5.41, 5.74) is 6.22. The molecule has 2 rings (SSSR count). The van der Waals surface area contributed by atoms with E-state index in [0.29, 0.717) is 13.1 Å². The van der Waals surface area contributed by atoms with Crippen molar-refractivity contribution in [2.24, 2.45) is 0 Å². The Balaban J connectivity index is 2.21. The summed E-state index contributed by atoms with van der Waals surface area (Å²) in [5.74, 6) is -0.0202. The average molecular weight is 367 g/mol. The van der Waals surface area contributed by atoms with E-state index in [0.717, 1.165) is 28.1 Å². The molecule has 0 aromatic heterocycles. The van der Waals surface area contributed by atoms with Crippen LogP contribution in [-0.2, 0) is 9.59 Å². The highest BCUT2D eigenvalue weighted by molar-refractivity contribution is 5.97. The van der Waals surface area contributed by atoms with Gasteiger partial charge in [0.05, 0.1) is 0 Å². The molecule has 0 saturated heterocycles. The number of aryl methyl sites for hydroxylation is 4. The lowest BCUT2D eigenvalue weighted by atomic mass is 10.0. The Kier molecular flexibility index (Phi) is 6.78. The summed E-state index contributed by atoms with van der Waals surface area (Å²) in [5, 5.41) is 0.